The summed E-state index contributed by atoms with van der Waals surface area (Å²) in [5.41, 5.74) is 4.33. The van der Waals surface area contributed by atoms with Gasteiger partial charge in [0.25, 0.3) is 0 Å². The smallest absolute Gasteiger partial charge is 0.248 e. The molecule has 4 aromatic rings. The van der Waals surface area contributed by atoms with Crippen molar-refractivity contribution in [1.29, 1.82) is 0 Å². The minimum Gasteiger partial charge on any atom is -0.378 e. The molecule has 3 aromatic carbocycles. The molecule has 33 heavy (non-hydrogen) atoms. The predicted octanol–water partition coefficient (Wildman–Crippen LogP) is 4.46. The van der Waals surface area contributed by atoms with Crippen LogP contribution >= 0.6 is 0 Å². The summed E-state index contributed by atoms with van der Waals surface area (Å²) in [6.07, 6.45) is 3.51. The van der Waals surface area contributed by atoms with Crippen LogP contribution in [0.15, 0.2) is 78.9 Å². The van der Waals surface area contributed by atoms with Crippen molar-refractivity contribution in [1.82, 2.24) is 10.2 Å². The van der Waals surface area contributed by atoms with Crippen molar-refractivity contribution in [3.8, 4) is 0 Å². The highest BCUT2D eigenvalue weighted by molar-refractivity contribution is 6.05. The summed E-state index contributed by atoms with van der Waals surface area (Å²) >= 11 is 0. The summed E-state index contributed by atoms with van der Waals surface area (Å²) in [7, 11) is 3.96. The van der Waals surface area contributed by atoms with Crippen LogP contribution in [0.5, 0.6) is 0 Å². The number of benzene rings is 3. The Morgan fingerprint density at radius 2 is 1.73 bits per heavy atom. The SMILES string of the molecule is CN(C)c1ccc(/C=C/C(=O)Nc2ccc3[nH]nc(NC(=O)Cc4ccccc4)c3c2)cc1. The molecule has 0 saturated carbocycles. The second-order valence-corrected chi connectivity index (χ2v) is 7.85. The molecule has 0 aliphatic carbocycles. The predicted molar refractivity (Wildman–Crippen MR) is 133 cm³/mol. The average molecular weight is 440 g/mol. The Labute approximate surface area is 192 Å². The lowest BCUT2D eigenvalue weighted by molar-refractivity contribution is -0.115. The molecule has 3 N–H and O–H groups in total. The lowest BCUT2D eigenvalue weighted by Crippen LogP contribution is -2.14. The Bertz CT molecular complexity index is 1290. The topological polar surface area (TPSA) is 90.1 Å². The highest BCUT2D eigenvalue weighted by atomic mass is 16.2. The molecular formula is C26H25N5O2. The van der Waals surface area contributed by atoms with Gasteiger partial charge in [0.15, 0.2) is 5.82 Å². The van der Waals surface area contributed by atoms with Crippen LogP contribution in [0.25, 0.3) is 17.0 Å². The normalized spacial score (nSPS) is 11.0. The summed E-state index contributed by atoms with van der Waals surface area (Å²) in [5, 5.41) is 13.5. The molecular weight excluding hydrogens is 414 g/mol. The number of amides is 2. The number of H-pyrrole nitrogens is 1. The molecule has 1 heterocycles. The monoisotopic (exact) mass is 439 g/mol. The first-order valence-electron chi connectivity index (χ1n) is 10.6. The van der Waals surface area contributed by atoms with Gasteiger partial charge in [0.2, 0.25) is 11.8 Å². The van der Waals surface area contributed by atoms with Crippen LogP contribution in [0.2, 0.25) is 0 Å². The Morgan fingerprint density at radius 1 is 0.970 bits per heavy atom. The van der Waals surface area contributed by atoms with Gasteiger partial charge in [0.1, 0.15) is 0 Å². The summed E-state index contributed by atoms with van der Waals surface area (Å²) in [4.78, 5) is 26.8. The van der Waals surface area contributed by atoms with E-state index in [1.54, 1.807) is 18.2 Å². The van der Waals surface area contributed by atoms with Crippen molar-refractivity contribution in [2.45, 2.75) is 6.42 Å². The number of carbonyl (C=O) groups is 2. The largest absolute Gasteiger partial charge is 0.378 e. The van der Waals surface area contributed by atoms with Crippen LogP contribution in [-0.2, 0) is 16.0 Å². The van der Waals surface area contributed by atoms with Gasteiger partial charge in [-0.25, -0.2) is 0 Å². The van der Waals surface area contributed by atoms with Gasteiger partial charge in [-0.3, -0.25) is 14.7 Å². The fraction of sp³-hybridized carbons (Fsp3) is 0.115. The van der Waals surface area contributed by atoms with E-state index in [9.17, 15) is 9.59 Å². The lowest BCUT2D eigenvalue weighted by Gasteiger charge is -2.11. The van der Waals surface area contributed by atoms with E-state index in [1.807, 2.05) is 79.7 Å². The molecule has 0 bridgehead atoms. The number of fused-ring (bicyclic) bond motifs is 1. The van der Waals surface area contributed by atoms with E-state index in [1.165, 1.54) is 6.08 Å². The molecule has 0 saturated heterocycles. The van der Waals surface area contributed by atoms with Gasteiger partial charge >= 0.3 is 0 Å². The van der Waals surface area contributed by atoms with Crippen LogP contribution in [-0.4, -0.2) is 36.1 Å². The van der Waals surface area contributed by atoms with Gasteiger partial charge in [0.05, 0.1) is 11.9 Å². The molecule has 0 spiro atoms. The minimum atomic E-state index is -0.246. The number of nitrogens with zero attached hydrogens (tertiary/aromatic N) is 2. The summed E-state index contributed by atoms with van der Waals surface area (Å²) in [5.74, 6) is 0.0232. The number of hydrogen-bond donors (Lipinski definition) is 3. The second kappa shape index (κ2) is 9.82. The van der Waals surface area contributed by atoms with Crippen LogP contribution in [0.1, 0.15) is 11.1 Å². The third-order valence-electron chi connectivity index (χ3n) is 5.13. The van der Waals surface area contributed by atoms with E-state index in [0.717, 1.165) is 27.7 Å². The maximum absolute atomic E-state index is 12.4. The van der Waals surface area contributed by atoms with Crippen molar-refractivity contribution < 1.29 is 9.59 Å². The number of aromatic amines is 1. The van der Waals surface area contributed by atoms with E-state index in [0.29, 0.717) is 11.5 Å². The highest BCUT2D eigenvalue weighted by Crippen LogP contribution is 2.24. The highest BCUT2D eigenvalue weighted by Gasteiger charge is 2.11. The van der Waals surface area contributed by atoms with Crippen molar-refractivity contribution in [3.63, 3.8) is 0 Å². The van der Waals surface area contributed by atoms with E-state index in [4.69, 9.17) is 0 Å². The molecule has 1 aromatic heterocycles. The van der Waals surface area contributed by atoms with Crippen LogP contribution in [0, 0.1) is 0 Å². The molecule has 0 fully saturated rings. The molecule has 0 radical (unpaired) electrons. The van der Waals surface area contributed by atoms with Crippen LogP contribution in [0.3, 0.4) is 0 Å². The summed E-state index contributed by atoms with van der Waals surface area (Å²) < 4.78 is 0. The Hall–Kier alpha value is -4.39. The number of nitrogens with one attached hydrogen (secondary N) is 3. The molecule has 4 rings (SSSR count). The van der Waals surface area contributed by atoms with E-state index in [2.05, 4.69) is 20.8 Å². The van der Waals surface area contributed by atoms with Gasteiger partial charge < -0.3 is 15.5 Å². The first-order valence-corrected chi connectivity index (χ1v) is 10.6. The molecule has 0 aliphatic rings. The molecule has 0 aliphatic heterocycles. The van der Waals surface area contributed by atoms with Gasteiger partial charge in [-0.05, 0) is 47.5 Å². The first kappa shape index (κ1) is 21.8. The molecule has 166 valence electrons. The van der Waals surface area contributed by atoms with E-state index < -0.39 is 0 Å². The van der Waals surface area contributed by atoms with Crippen molar-refractivity contribution in [2.24, 2.45) is 0 Å². The zero-order chi connectivity index (χ0) is 23.2. The molecule has 7 heteroatoms. The molecule has 0 unspecified atom stereocenters. The molecule has 2 amide bonds. The van der Waals surface area contributed by atoms with Gasteiger partial charge in [-0.2, -0.15) is 5.10 Å². The average Bonchev–Trinajstić information content (AvgIpc) is 3.20. The Morgan fingerprint density at radius 3 is 2.45 bits per heavy atom. The van der Waals surface area contributed by atoms with Crippen LogP contribution in [0.4, 0.5) is 17.2 Å². The van der Waals surface area contributed by atoms with Gasteiger partial charge in [-0.15, -0.1) is 0 Å². The first-order chi connectivity index (χ1) is 16.0. The van der Waals surface area contributed by atoms with Crippen molar-refractivity contribution in [2.75, 3.05) is 29.6 Å². The Balaban J connectivity index is 1.42. The lowest BCUT2D eigenvalue weighted by atomic mass is 10.1. The second-order valence-electron chi connectivity index (χ2n) is 7.85. The van der Waals surface area contributed by atoms with Crippen LogP contribution < -0.4 is 15.5 Å². The third kappa shape index (κ3) is 5.65. The summed E-state index contributed by atoms with van der Waals surface area (Å²) in [6.45, 7) is 0. The van der Waals surface area contributed by atoms with E-state index in [-0.39, 0.29) is 18.2 Å². The standard InChI is InChI=1S/C26H25N5O2/c1-31(2)21-12-8-18(9-13-21)10-15-24(32)27-20-11-14-23-22(17-20)26(30-29-23)28-25(33)16-19-6-4-3-5-7-19/h3-15,17H,16H2,1-2H3,(H,27,32)(H2,28,29,30,33)/b15-10+. The quantitative estimate of drug-likeness (QED) is 0.371. The molecule has 0 atom stereocenters. The number of carbonyl (C=O) groups excluding carboxylic acids is 2. The van der Waals surface area contributed by atoms with Gasteiger partial charge in [0, 0.05) is 36.9 Å². The maximum Gasteiger partial charge on any atom is 0.248 e. The third-order valence-corrected chi connectivity index (χ3v) is 5.13. The minimum absolute atomic E-state index is 0.160. The van der Waals surface area contributed by atoms with E-state index >= 15 is 0 Å². The number of rotatable bonds is 7. The zero-order valence-electron chi connectivity index (χ0n) is 18.5. The van der Waals surface area contributed by atoms with Crippen molar-refractivity contribution in [3.05, 3.63) is 90.0 Å². The fourth-order valence-electron chi connectivity index (χ4n) is 3.38. The number of anilines is 3. The number of hydrogen-bond acceptors (Lipinski definition) is 4. The van der Waals surface area contributed by atoms with Crippen molar-refractivity contribution >= 4 is 46.0 Å². The fourth-order valence-corrected chi connectivity index (χ4v) is 3.38. The maximum atomic E-state index is 12.4. The zero-order valence-corrected chi connectivity index (χ0v) is 18.5. The number of aromatic nitrogens is 2. The molecule has 7 nitrogen and oxygen atoms in total. The Kier molecular flexibility index (Phi) is 6.50. The van der Waals surface area contributed by atoms with Gasteiger partial charge in [-0.1, -0.05) is 42.5 Å². The summed E-state index contributed by atoms with van der Waals surface area (Å²) in [6, 6.07) is 22.8.